The molecule has 3 N–H and O–H groups in total. The second-order valence-corrected chi connectivity index (χ2v) is 6.72. The van der Waals surface area contributed by atoms with Crippen LogP contribution in [0.2, 0.25) is 0 Å². The number of nitrogens with two attached hydrogens (primary N) is 1. The van der Waals surface area contributed by atoms with Crippen molar-refractivity contribution < 1.29 is 9.53 Å². The van der Waals surface area contributed by atoms with Gasteiger partial charge in [0.15, 0.2) is 0 Å². The normalized spacial score (nSPS) is 17.9. The average molecular weight is 374 g/mol. The molecule has 0 saturated heterocycles. The van der Waals surface area contributed by atoms with Crippen LogP contribution < -0.4 is 11.1 Å². The number of ether oxygens (including phenoxy) is 1. The van der Waals surface area contributed by atoms with Gasteiger partial charge in [-0.15, -0.1) is 0 Å². The third kappa shape index (κ3) is 3.35. The van der Waals surface area contributed by atoms with Crippen LogP contribution in [0.5, 0.6) is 0 Å². The summed E-state index contributed by atoms with van der Waals surface area (Å²) in [6.45, 7) is 0.427. The Labute approximate surface area is 161 Å². The molecule has 0 aliphatic heterocycles. The van der Waals surface area contributed by atoms with Crippen molar-refractivity contribution in [3.05, 3.63) is 42.4 Å². The van der Waals surface area contributed by atoms with Crippen LogP contribution in [0, 0.1) is 23.2 Å². The average Bonchev–Trinajstić information content (AvgIpc) is 3.48. The van der Waals surface area contributed by atoms with Crippen molar-refractivity contribution in [1.82, 2.24) is 15.0 Å². The lowest BCUT2D eigenvalue weighted by Gasteiger charge is -2.11. The molecule has 2 atom stereocenters. The van der Waals surface area contributed by atoms with Crippen LogP contribution in [0.1, 0.15) is 12.0 Å². The molecule has 1 aliphatic rings. The van der Waals surface area contributed by atoms with Crippen molar-refractivity contribution in [2.75, 3.05) is 18.2 Å². The van der Waals surface area contributed by atoms with Gasteiger partial charge in [-0.2, -0.15) is 5.26 Å². The fraction of sp³-hybridized carbons (Fsp3) is 0.250. The molecule has 0 aromatic carbocycles. The minimum Gasteiger partial charge on any atom is -0.383 e. The van der Waals surface area contributed by atoms with Gasteiger partial charge in [0.1, 0.15) is 11.6 Å². The molecule has 8 heteroatoms. The largest absolute Gasteiger partial charge is 0.383 e. The lowest BCUT2D eigenvalue weighted by atomic mass is 10.0. The maximum absolute atomic E-state index is 12.2. The van der Waals surface area contributed by atoms with E-state index in [0.29, 0.717) is 35.7 Å². The molecule has 3 heterocycles. The molecule has 4 rings (SSSR count). The van der Waals surface area contributed by atoms with E-state index in [4.69, 9.17) is 15.7 Å². The Kier molecular flexibility index (Phi) is 4.59. The molecule has 140 valence electrons. The zero-order valence-corrected chi connectivity index (χ0v) is 15.2. The number of fused-ring (bicyclic) bond motifs is 1. The molecule has 28 heavy (non-hydrogen) atoms. The Morgan fingerprint density at radius 2 is 2.29 bits per heavy atom. The van der Waals surface area contributed by atoms with Gasteiger partial charge in [-0.05, 0) is 35.6 Å². The SMILES string of the molecule is COCc1ccncc1-c1cc2cc(NC(=O)[C@@H]3C[C@H]3C#N)ncc2c(N)n1. The van der Waals surface area contributed by atoms with Gasteiger partial charge in [-0.1, -0.05) is 0 Å². The van der Waals surface area contributed by atoms with Crippen LogP contribution in [-0.2, 0) is 16.1 Å². The number of carbonyl (C=O) groups is 1. The maximum Gasteiger partial charge on any atom is 0.230 e. The van der Waals surface area contributed by atoms with E-state index in [1.165, 1.54) is 0 Å². The summed E-state index contributed by atoms with van der Waals surface area (Å²) in [6, 6.07) is 7.63. The molecule has 0 bridgehead atoms. The number of rotatable bonds is 5. The van der Waals surface area contributed by atoms with Crippen LogP contribution in [0.15, 0.2) is 36.8 Å². The quantitative estimate of drug-likeness (QED) is 0.702. The molecule has 1 amide bonds. The summed E-state index contributed by atoms with van der Waals surface area (Å²) in [6.07, 6.45) is 5.61. The number of aromatic nitrogens is 3. The summed E-state index contributed by atoms with van der Waals surface area (Å²) >= 11 is 0. The van der Waals surface area contributed by atoms with E-state index in [1.54, 1.807) is 31.8 Å². The number of methoxy groups -OCH3 is 1. The highest BCUT2D eigenvalue weighted by molar-refractivity contribution is 5.98. The molecule has 3 aromatic rings. The van der Waals surface area contributed by atoms with Gasteiger partial charge < -0.3 is 15.8 Å². The first-order chi connectivity index (χ1) is 13.6. The fourth-order valence-corrected chi connectivity index (χ4v) is 3.16. The van der Waals surface area contributed by atoms with Crippen molar-refractivity contribution in [1.29, 1.82) is 5.26 Å². The summed E-state index contributed by atoms with van der Waals surface area (Å²) in [5.74, 6) is 0.123. The fourth-order valence-electron chi connectivity index (χ4n) is 3.16. The maximum atomic E-state index is 12.2. The predicted octanol–water partition coefficient (Wildman–Crippen LogP) is 2.52. The third-order valence-electron chi connectivity index (χ3n) is 4.78. The van der Waals surface area contributed by atoms with Gasteiger partial charge in [-0.3, -0.25) is 9.78 Å². The number of anilines is 2. The number of nitrogen functional groups attached to an aromatic ring is 1. The second kappa shape index (κ2) is 7.21. The number of amides is 1. The third-order valence-corrected chi connectivity index (χ3v) is 4.78. The van der Waals surface area contributed by atoms with E-state index in [-0.39, 0.29) is 17.7 Å². The molecular formula is C20H18N6O2. The van der Waals surface area contributed by atoms with Gasteiger partial charge in [0.2, 0.25) is 5.91 Å². The van der Waals surface area contributed by atoms with Gasteiger partial charge in [-0.25, -0.2) is 9.97 Å². The molecule has 0 radical (unpaired) electrons. The van der Waals surface area contributed by atoms with Gasteiger partial charge in [0, 0.05) is 36.7 Å². The molecule has 1 fully saturated rings. The Morgan fingerprint density at radius 1 is 1.43 bits per heavy atom. The van der Waals surface area contributed by atoms with E-state index in [2.05, 4.69) is 26.3 Å². The number of hydrogen-bond acceptors (Lipinski definition) is 7. The van der Waals surface area contributed by atoms with Crippen molar-refractivity contribution in [2.45, 2.75) is 13.0 Å². The standard InChI is InChI=1S/C20H18N6O2/c1-28-10-11-2-3-23-8-15(11)17-5-12-6-18(24-9-16(12)19(22)25-17)26-20(27)14-4-13(14)7-21/h2-3,5-6,8-9,13-14H,4,10H2,1H3,(H2,22,25)(H,24,26,27)/t13-,14+/m0/s1. The topological polar surface area (TPSA) is 127 Å². The van der Waals surface area contributed by atoms with Crippen LogP contribution in [0.3, 0.4) is 0 Å². The lowest BCUT2D eigenvalue weighted by Crippen LogP contribution is -2.15. The Bertz CT molecular complexity index is 1110. The van der Waals surface area contributed by atoms with Crippen LogP contribution in [-0.4, -0.2) is 28.0 Å². The van der Waals surface area contributed by atoms with Gasteiger partial charge in [0.05, 0.1) is 30.2 Å². The van der Waals surface area contributed by atoms with Crippen LogP contribution >= 0.6 is 0 Å². The van der Waals surface area contributed by atoms with E-state index in [0.717, 1.165) is 16.5 Å². The van der Waals surface area contributed by atoms with Gasteiger partial charge >= 0.3 is 0 Å². The number of nitrogens with one attached hydrogen (secondary N) is 1. The summed E-state index contributed by atoms with van der Waals surface area (Å²) in [7, 11) is 1.63. The molecule has 1 saturated carbocycles. The number of nitrogens with zero attached hydrogens (tertiary/aromatic N) is 4. The molecule has 0 spiro atoms. The molecular weight excluding hydrogens is 356 g/mol. The van der Waals surface area contributed by atoms with Crippen LogP contribution in [0.4, 0.5) is 11.6 Å². The zero-order valence-electron chi connectivity index (χ0n) is 15.2. The Hall–Kier alpha value is -3.57. The minimum absolute atomic E-state index is 0.185. The van der Waals surface area contributed by atoms with Crippen LogP contribution in [0.25, 0.3) is 22.0 Å². The second-order valence-electron chi connectivity index (χ2n) is 6.72. The highest BCUT2D eigenvalue weighted by atomic mass is 16.5. The molecule has 3 aromatic heterocycles. The predicted molar refractivity (Wildman–Crippen MR) is 104 cm³/mol. The number of carbonyl (C=O) groups excluding carboxylic acids is 1. The molecule has 1 aliphatic carbocycles. The van der Waals surface area contributed by atoms with E-state index >= 15 is 0 Å². The number of nitriles is 1. The van der Waals surface area contributed by atoms with E-state index < -0.39 is 0 Å². The first-order valence-corrected chi connectivity index (χ1v) is 8.79. The van der Waals surface area contributed by atoms with E-state index in [1.807, 2.05) is 12.1 Å². The number of pyridine rings is 3. The highest BCUT2D eigenvalue weighted by Gasteiger charge is 2.43. The van der Waals surface area contributed by atoms with Crippen molar-refractivity contribution in [3.63, 3.8) is 0 Å². The van der Waals surface area contributed by atoms with Crippen molar-refractivity contribution >= 4 is 28.3 Å². The Balaban J connectivity index is 1.69. The molecule has 0 unspecified atom stereocenters. The summed E-state index contributed by atoms with van der Waals surface area (Å²) in [5, 5.41) is 13.2. The number of hydrogen-bond donors (Lipinski definition) is 2. The lowest BCUT2D eigenvalue weighted by molar-refractivity contribution is -0.117. The summed E-state index contributed by atoms with van der Waals surface area (Å²) < 4.78 is 5.25. The first-order valence-electron chi connectivity index (χ1n) is 8.79. The summed E-state index contributed by atoms with van der Waals surface area (Å²) in [4.78, 5) is 25.1. The summed E-state index contributed by atoms with van der Waals surface area (Å²) in [5.41, 5.74) is 8.58. The minimum atomic E-state index is -0.257. The van der Waals surface area contributed by atoms with Gasteiger partial charge in [0.25, 0.3) is 0 Å². The highest BCUT2D eigenvalue weighted by Crippen LogP contribution is 2.38. The monoisotopic (exact) mass is 374 g/mol. The Morgan fingerprint density at radius 3 is 3.04 bits per heavy atom. The van der Waals surface area contributed by atoms with Crippen molar-refractivity contribution in [3.8, 4) is 17.3 Å². The molecule has 8 nitrogen and oxygen atoms in total. The smallest absolute Gasteiger partial charge is 0.230 e. The van der Waals surface area contributed by atoms with E-state index in [9.17, 15) is 4.79 Å². The zero-order chi connectivity index (χ0) is 19.7. The van der Waals surface area contributed by atoms with Crippen molar-refractivity contribution in [2.24, 2.45) is 11.8 Å². The first kappa shape index (κ1) is 17.8.